The standard InChI is InChI=1S/C22H25NO2Si/c1-26(2,3)21-19(24)10-9-15-13-22(25,16-7-5-4-6-8-16)18-11-12-23-14-17(18)20(15)21/h4-8,11-12,14-15,25H,9-10,13H2,1-3H3/t15-,22-/m1/s1. The summed E-state index contributed by atoms with van der Waals surface area (Å²) in [5.41, 5.74) is 2.91. The van der Waals surface area contributed by atoms with Crippen molar-refractivity contribution in [3.05, 3.63) is 70.7 Å². The molecule has 4 heteroatoms. The molecule has 1 N–H and O–H groups in total. The maximum absolute atomic E-state index is 12.8. The lowest BCUT2D eigenvalue weighted by molar-refractivity contribution is -0.115. The Morgan fingerprint density at radius 2 is 1.88 bits per heavy atom. The van der Waals surface area contributed by atoms with Crippen LogP contribution in [-0.4, -0.2) is 23.9 Å². The number of rotatable bonds is 2. The maximum Gasteiger partial charge on any atom is 0.155 e. The quantitative estimate of drug-likeness (QED) is 0.808. The number of aromatic nitrogens is 1. The number of pyridine rings is 1. The normalized spacial score (nSPS) is 25.7. The van der Waals surface area contributed by atoms with Crippen LogP contribution in [0.5, 0.6) is 0 Å². The van der Waals surface area contributed by atoms with Gasteiger partial charge < -0.3 is 5.11 Å². The number of fused-ring (bicyclic) bond motifs is 3. The van der Waals surface area contributed by atoms with Gasteiger partial charge in [0.25, 0.3) is 0 Å². The van der Waals surface area contributed by atoms with Crippen molar-refractivity contribution in [3.63, 3.8) is 0 Å². The number of nitrogens with zero attached hydrogens (tertiary/aromatic N) is 1. The summed E-state index contributed by atoms with van der Waals surface area (Å²) in [5, 5.41) is 12.8. The Hall–Kier alpha value is -2.04. The first-order valence-corrected chi connectivity index (χ1v) is 12.8. The highest BCUT2D eigenvalue weighted by atomic mass is 28.3. The molecule has 0 bridgehead atoms. The van der Waals surface area contributed by atoms with Crippen LogP contribution in [0.15, 0.2) is 54.0 Å². The van der Waals surface area contributed by atoms with E-state index in [0.29, 0.717) is 18.6 Å². The van der Waals surface area contributed by atoms with Gasteiger partial charge >= 0.3 is 0 Å². The third-order valence-corrected chi connectivity index (χ3v) is 7.82. The average molecular weight is 364 g/mol. The van der Waals surface area contributed by atoms with Crippen LogP contribution in [0.4, 0.5) is 0 Å². The molecule has 1 heterocycles. The molecule has 0 radical (unpaired) electrons. The van der Waals surface area contributed by atoms with Crippen LogP contribution in [0, 0.1) is 5.92 Å². The summed E-state index contributed by atoms with van der Waals surface area (Å²) < 4.78 is 0. The van der Waals surface area contributed by atoms with Crippen molar-refractivity contribution in [3.8, 4) is 0 Å². The van der Waals surface area contributed by atoms with E-state index in [4.69, 9.17) is 0 Å². The predicted octanol–water partition coefficient (Wildman–Crippen LogP) is 4.33. The zero-order valence-corrected chi connectivity index (χ0v) is 16.6. The lowest BCUT2D eigenvalue weighted by atomic mass is 9.66. The van der Waals surface area contributed by atoms with Gasteiger partial charge in [0.2, 0.25) is 0 Å². The van der Waals surface area contributed by atoms with Crippen LogP contribution < -0.4 is 0 Å². The molecule has 2 aliphatic rings. The van der Waals surface area contributed by atoms with Gasteiger partial charge in [-0.15, -0.1) is 0 Å². The largest absolute Gasteiger partial charge is 0.380 e. The number of allylic oxidation sites excluding steroid dienone is 2. The summed E-state index contributed by atoms with van der Waals surface area (Å²) in [4.78, 5) is 17.2. The third kappa shape index (κ3) is 2.60. The molecular formula is C22H25NO2Si. The van der Waals surface area contributed by atoms with E-state index < -0.39 is 13.7 Å². The molecule has 0 saturated carbocycles. The Morgan fingerprint density at radius 3 is 2.58 bits per heavy atom. The molecule has 134 valence electrons. The van der Waals surface area contributed by atoms with Crippen molar-refractivity contribution < 1.29 is 9.90 Å². The van der Waals surface area contributed by atoms with Gasteiger partial charge in [-0.25, -0.2) is 0 Å². The number of hydrogen-bond acceptors (Lipinski definition) is 3. The van der Waals surface area contributed by atoms with E-state index in [1.807, 2.05) is 42.6 Å². The van der Waals surface area contributed by atoms with Crippen LogP contribution in [-0.2, 0) is 10.4 Å². The van der Waals surface area contributed by atoms with Gasteiger partial charge in [0.05, 0.1) is 8.07 Å². The number of carbonyl (C=O) groups excluding carboxylic acids is 1. The van der Waals surface area contributed by atoms with Gasteiger partial charge in [-0.2, -0.15) is 0 Å². The summed E-state index contributed by atoms with van der Waals surface area (Å²) in [6, 6.07) is 11.8. The van der Waals surface area contributed by atoms with E-state index >= 15 is 0 Å². The summed E-state index contributed by atoms with van der Waals surface area (Å²) in [6.07, 6.45) is 5.63. The molecule has 0 amide bonds. The average Bonchev–Trinajstić information content (AvgIpc) is 2.62. The van der Waals surface area contributed by atoms with Crippen LogP contribution in [0.3, 0.4) is 0 Å². The number of carbonyl (C=O) groups is 1. The Labute approximate surface area is 155 Å². The van der Waals surface area contributed by atoms with Crippen molar-refractivity contribution in [1.29, 1.82) is 0 Å². The van der Waals surface area contributed by atoms with Crippen LogP contribution in [0.2, 0.25) is 19.6 Å². The Kier molecular flexibility index (Phi) is 4.01. The smallest absolute Gasteiger partial charge is 0.155 e. The van der Waals surface area contributed by atoms with Crippen molar-refractivity contribution in [1.82, 2.24) is 4.98 Å². The molecule has 3 nitrogen and oxygen atoms in total. The highest BCUT2D eigenvalue weighted by molar-refractivity contribution is 6.88. The lowest BCUT2D eigenvalue weighted by Crippen LogP contribution is -2.41. The molecule has 1 aromatic heterocycles. The second kappa shape index (κ2) is 6.00. The van der Waals surface area contributed by atoms with Crippen LogP contribution in [0.1, 0.15) is 36.0 Å². The number of ketones is 1. The molecule has 0 saturated heterocycles. The van der Waals surface area contributed by atoms with E-state index in [-0.39, 0.29) is 5.92 Å². The van der Waals surface area contributed by atoms with Gasteiger partial charge in [-0.05, 0) is 46.7 Å². The molecular weight excluding hydrogens is 338 g/mol. The van der Waals surface area contributed by atoms with Gasteiger partial charge in [-0.3, -0.25) is 9.78 Å². The van der Waals surface area contributed by atoms with Gasteiger partial charge in [0.1, 0.15) is 5.60 Å². The zero-order chi connectivity index (χ0) is 18.5. The van der Waals surface area contributed by atoms with Gasteiger partial charge in [0, 0.05) is 24.4 Å². The van der Waals surface area contributed by atoms with Crippen molar-refractivity contribution >= 4 is 19.4 Å². The fraction of sp³-hybridized carbons (Fsp3) is 0.364. The number of benzene rings is 1. The highest BCUT2D eigenvalue weighted by Gasteiger charge is 2.47. The van der Waals surface area contributed by atoms with Crippen molar-refractivity contribution in [2.75, 3.05) is 0 Å². The Bertz CT molecular complexity index is 898. The molecule has 0 spiro atoms. The lowest BCUT2D eigenvalue weighted by Gasteiger charge is -2.44. The molecule has 4 rings (SSSR count). The molecule has 2 atom stereocenters. The first-order chi connectivity index (χ1) is 12.3. The highest BCUT2D eigenvalue weighted by Crippen LogP contribution is 2.52. The zero-order valence-electron chi connectivity index (χ0n) is 15.6. The van der Waals surface area contributed by atoms with Gasteiger partial charge in [0.15, 0.2) is 5.78 Å². The predicted molar refractivity (Wildman–Crippen MR) is 106 cm³/mol. The van der Waals surface area contributed by atoms with Crippen LogP contribution >= 0.6 is 0 Å². The summed E-state index contributed by atoms with van der Waals surface area (Å²) >= 11 is 0. The van der Waals surface area contributed by atoms with E-state index in [9.17, 15) is 9.90 Å². The van der Waals surface area contributed by atoms with E-state index in [1.54, 1.807) is 6.20 Å². The minimum Gasteiger partial charge on any atom is -0.380 e. The molecule has 0 fully saturated rings. The molecule has 2 aliphatic carbocycles. The summed E-state index contributed by atoms with van der Waals surface area (Å²) in [7, 11) is -1.80. The SMILES string of the molecule is C[Si](C)(C)C1=C2c3cnccc3[C@](O)(c3ccccc3)C[C@H]2CCC1=O. The summed E-state index contributed by atoms with van der Waals surface area (Å²) in [6.45, 7) is 6.72. The molecule has 26 heavy (non-hydrogen) atoms. The number of aliphatic hydroxyl groups is 1. The van der Waals surface area contributed by atoms with Crippen molar-refractivity contribution in [2.24, 2.45) is 5.92 Å². The fourth-order valence-corrected chi connectivity index (χ4v) is 6.84. The minimum absolute atomic E-state index is 0.205. The topological polar surface area (TPSA) is 50.2 Å². The number of hydrogen-bond donors (Lipinski definition) is 1. The Balaban J connectivity index is 2.01. The van der Waals surface area contributed by atoms with E-state index in [0.717, 1.165) is 28.3 Å². The van der Waals surface area contributed by atoms with Crippen molar-refractivity contribution in [2.45, 2.75) is 44.5 Å². The molecule has 2 aromatic rings. The van der Waals surface area contributed by atoms with Gasteiger partial charge in [-0.1, -0.05) is 50.0 Å². The maximum atomic E-state index is 12.8. The number of Topliss-reactive ketones (excluding diaryl/α,β-unsaturated/α-hetero) is 1. The molecule has 0 aliphatic heterocycles. The minimum atomic E-state index is -1.80. The van der Waals surface area contributed by atoms with E-state index in [1.165, 1.54) is 5.57 Å². The van der Waals surface area contributed by atoms with Crippen LogP contribution in [0.25, 0.3) is 5.57 Å². The third-order valence-electron chi connectivity index (χ3n) is 5.78. The molecule has 1 aromatic carbocycles. The Morgan fingerprint density at radius 1 is 1.15 bits per heavy atom. The second-order valence-corrected chi connectivity index (χ2v) is 13.5. The first-order valence-electron chi connectivity index (χ1n) is 9.33. The van der Waals surface area contributed by atoms with E-state index in [2.05, 4.69) is 24.6 Å². The monoisotopic (exact) mass is 363 g/mol. The fourth-order valence-electron chi connectivity index (χ4n) is 4.73. The summed E-state index contributed by atoms with van der Waals surface area (Å²) in [5.74, 6) is 0.506. The first kappa shape index (κ1) is 17.4. The second-order valence-electron chi connectivity index (χ2n) is 8.55. The molecule has 0 unspecified atom stereocenters.